The zero-order valence-corrected chi connectivity index (χ0v) is 16.6. The van der Waals surface area contributed by atoms with Crippen LogP contribution in [0.3, 0.4) is 0 Å². The van der Waals surface area contributed by atoms with Crippen molar-refractivity contribution in [3.8, 4) is 0 Å². The lowest BCUT2D eigenvalue weighted by Gasteiger charge is -2.16. The van der Waals surface area contributed by atoms with Crippen molar-refractivity contribution in [2.75, 3.05) is 5.73 Å². The number of carboxylic acid groups (broad SMARTS) is 1. The minimum atomic E-state index is -0.748. The van der Waals surface area contributed by atoms with Crippen LogP contribution in [0.2, 0.25) is 0 Å². The SMILES string of the molecule is [2H]C(CC(CCCCC(=O)O)SCc1ccccc1)SC([2H])c1ccccc1. The molecule has 0 fully saturated rings. The van der Waals surface area contributed by atoms with Crippen LogP contribution in [0.5, 0.6) is 0 Å². The molecule has 0 aliphatic carbocycles. The van der Waals surface area contributed by atoms with E-state index in [1.165, 1.54) is 17.3 Å². The van der Waals surface area contributed by atoms with Crippen molar-refractivity contribution < 1.29 is 12.6 Å². The number of carboxylic acids is 1. The van der Waals surface area contributed by atoms with Crippen LogP contribution in [0.1, 0.15) is 46.0 Å². The molecule has 140 valence electrons. The Morgan fingerprint density at radius 2 is 1.62 bits per heavy atom. The molecule has 2 aromatic rings. The summed E-state index contributed by atoms with van der Waals surface area (Å²) in [6.45, 7) is 0. The van der Waals surface area contributed by atoms with E-state index in [2.05, 4.69) is 12.1 Å². The Kier molecular flexibility index (Phi) is 8.92. The highest BCUT2D eigenvalue weighted by atomic mass is 32.2. The van der Waals surface area contributed by atoms with Crippen LogP contribution in [-0.4, -0.2) is 22.1 Å². The molecule has 0 saturated heterocycles. The number of carbonyl (C=O) groups is 1. The molecule has 3 unspecified atom stereocenters. The maximum atomic E-state index is 10.7. The molecule has 26 heavy (non-hydrogen) atoms. The fourth-order valence-corrected chi connectivity index (χ4v) is 4.59. The molecule has 0 aliphatic rings. The third-order valence-corrected chi connectivity index (χ3v) is 6.15. The fourth-order valence-electron chi connectivity index (χ4n) is 2.53. The van der Waals surface area contributed by atoms with Crippen molar-refractivity contribution >= 4 is 29.5 Å². The van der Waals surface area contributed by atoms with E-state index in [0.29, 0.717) is 18.1 Å². The summed E-state index contributed by atoms with van der Waals surface area (Å²) < 4.78 is 16.8. The van der Waals surface area contributed by atoms with Crippen LogP contribution in [0, 0.1) is 0 Å². The topological polar surface area (TPSA) is 37.3 Å². The van der Waals surface area contributed by atoms with Gasteiger partial charge in [0.1, 0.15) is 0 Å². The first-order chi connectivity index (χ1) is 13.5. The number of hydrogen-bond acceptors (Lipinski definition) is 3. The third kappa shape index (κ3) is 9.35. The number of benzene rings is 2. The Morgan fingerprint density at radius 3 is 2.27 bits per heavy atom. The molecule has 3 atom stereocenters. The Labute approximate surface area is 168 Å². The van der Waals surface area contributed by atoms with Gasteiger partial charge in [0.25, 0.3) is 0 Å². The summed E-state index contributed by atoms with van der Waals surface area (Å²) in [5.41, 5.74) is 1.38. The Morgan fingerprint density at radius 1 is 0.962 bits per heavy atom. The molecule has 0 saturated carbocycles. The molecule has 4 heteroatoms. The van der Waals surface area contributed by atoms with Gasteiger partial charge in [-0.15, -0.1) is 0 Å². The van der Waals surface area contributed by atoms with Crippen molar-refractivity contribution in [3.05, 3.63) is 71.8 Å². The van der Waals surface area contributed by atoms with Crippen LogP contribution in [0.4, 0.5) is 0 Å². The predicted octanol–water partition coefficient (Wildman–Crippen LogP) is 6.26. The number of aliphatic carboxylic acids is 1. The highest BCUT2D eigenvalue weighted by Gasteiger charge is 2.10. The van der Waals surface area contributed by atoms with Crippen molar-refractivity contribution in [1.29, 1.82) is 0 Å². The van der Waals surface area contributed by atoms with Crippen LogP contribution < -0.4 is 0 Å². The van der Waals surface area contributed by atoms with Gasteiger partial charge in [0.05, 0.1) is 0 Å². The first-order valence-corrected chi connectivity index (χ1v) is 11.0. The standard InChI is InChI=1S/C22H28O2S2/c23-22(24)14-8-7-13-21(26-18-20-11-5-2-6-12-20)15-16-25-17-19-9-3-1-4-10-19/h1-6,9-12,21H,7-8,13-18H2,(H,23,24)/i16D,17D. The van der Waals surface area contributed by atoms with E-state index in [1.54, 1.807) is 0 Å². The highest BCUT2D eigenvalue weighted by Crippen LogP contribution is 2.27. The minimum absolute atomic E-state index is 0.206. The molecule has 0 heterocycles. The van der Waals surface area contributed by atoms with E-state index in [9.17, 15) is 4.79 Å². The third-order valence-electron chi connectivity index (χ3n) is 3.95. The zero-order chi connectivity index (χ0) is 20.2. The summed E-state index contributed by atoms with van der Waals surface area (Å²) in [5.74, 6) is 0.146. The van der Waals surface area contributed by atoms with E-state index < -0.39 is 11.7 Å². The molecule has 2 rings (SSSR count). The number of thioether (sulfide) groups is 2. The summed E-state index contributed by atoms with van der Waals surface area (Å²) in [5, 5.41) is 9.12. The highest BCUT2D eigenvalue weighted by molar-refractivity contribution is 7.99. The number of hydrogen-bond donors (Lipinski definition) is 1. The average molecular weight is 391 g/mol. The van der Waals surface area contributed by atoms with Gasteiger partial charge in [0.15, 0.2) is 0 Å². The van der Waals surface area contributed by atoms with Crippen molar-refractivity contribution in [2.24, 2.45) is 0 Å². The first-order valence-electron chi connectivity index (χ1n) is 10.1. The Balaban J connectivity index is 1.86. The monoisotopic (exact) mass is 390 g/mol. The van der Waals surface area contributed by atoms with Gasteiger partial charge in [0, 0.05) is 25.9 Å². The second-order valence-electron chi connectivity index (χ2n) is 6.13. The van der Waals surface area contributed by atoms with E-state index in [0.717, 1.165) is 24.2 Å². The van der Waals surface area contributed by atoms with Crippen LogP contribution in [0.15, 0.2) is 60.7 Å². The van der Waals surface area contributed by atoms with Crippen molar-refractivity contribution in [1.82, 2.24) is 0 Å². The molecule has 0 radical (unpaired) electrons. The lowest BCUT2D eigenvalue weighted by atomic mass is 10.1. The summed E-state index contributed by atoms with van der Waals surface area (Å²) in [6.07, 6.45) is 3.36. The van der Waals surface area contributed by atoms with Crippen LogP contribution in [-0.2, 0) is 16.3 Å². The minimum Gasteiger partial charge on any atom is -0.481 e. The van der Waals surface area contributed by atoms with Gasteiger partial charge >= 0.3 is 5.97 Å². The Hall–Kier alpha value is -1.39. The summed E-state index contributed by atoms with van der Waals surface area (Å²) in [7, 11) is 0. The lowest BCUT2D eigenvalue weighted by Crippen LogP contribution is -2.06. The normalized spacial score (nSPS) is 15.5. The number of unbranched alkanes of at least 4 members (excludes halogenated alkanes) is 1. The molecule has 2 aromatic carbocycles. The number of rotatable bonds is 13. The molecule has 0 spiro atoms. The van der Waals surface area contributed by atoms with Gasteiger partial charge in [0.2, 0.25) is 0 Å². The average Bonchev–Trinajstić information content (AvgIpc) is 2.70. The zero-order valence-electron chi connectivity index (χ0n) is 16.9. The predicted molar refractivity (Wildman–Crippen MR) is 115 cm³/mol. The van der Waals surface area contributed by atoms with Gasteiger partial charge < -0.3 is 5.11 Å². The summed E-state index contributed by atoms with van der Waals surface area (Å²) in [4.78, 5) is 10.7. The molecule has 0 bridgehead atoms. The molecule has 2 nitrogen and oxygen atoms in total. The molecule has 1 N–H and O–H groups in total. The lowest BCUT2D eigenvalue weighted by molar-refractivity contribution is -0.137. The van der Waals surface area contributed by atoms with Crippen LogP contribution >= 0.6 is 23.5 Å². The van der Waals surface area contributed by atoms with E-state index >= 15 is 0 Å². The molecule has 0 amide bonds. The van der Waals surface area contributed by atoms with E-state index in [-0.39, 0.29) is 12.1 Å². The second kappa shape index (κ2) is 12.9. The first kappa shape index (κ1) is 18.0. The smallest absolute Gasteiger partial charge is 0.303 e. The summed E-state index contributed by atoms with van der Waals surface area (Å²) >= 11 is 3.22. The van der Waals surface area contributed by atoms with Gasteiger partial charge in [-0.25, -0.2) is 0 Å². The van der Waals surface area contributed by atoms with E-state index in [1.807, 2.05) is 60.3 Å². The second-order valence-corrected chi connectivity index (χ2v) is 8.25. The van der Waals surface area contributed by atoms with Crippen molar-refractivity contribution in [3.63, 3.8) is 0 Å². The summed E-state index contributed by atoms with van der Waals surface area (Å²) in [6, 6.07) is 20.0. The van der Waals surface area contributed by atoms with Gasteiger partial charge in [-0.2, -0.15) is 23.5 Å². The maximum absolute atomic E-state index is 10.7. The van der Waals surface area contributed by atoms with Gasteiger partial charge in [-0.1, -0.05) is 67.1 Å². The fraction of sp³-hybridized carbons (Fsp3) is 0.409. The Bertz CT molecular complexity index is 685. The molecule has 0 aromatic heterocycles. The van der Waals surface area contributed by atoms with Gasteiger partial charge in [-0.05, 0) is 36.1 Å². The molecule has 0 aliphatic heterocycles. The van der Waals surface area contributed by atoms with E-state index in [4.69, 9.17) is 7.85 Å². The molecular weight excluding hydrogens is 360 g/mol. The van der Waals surface area contributed by atoms with Crippen molar-refractivity contribution in [2.45, 2.75) is 48.8 Å². The van der Waals surface area contributed by atoms with Gasteiger partial charge in [-0.3, -0.25) is 4.79 Å². The molecular formula is C22H28O2S2. The quantitative estimate of drug-likeness (QED) is 0.410. The largest absolute Gasteiger partial charge is 0.481 e. The van der Waals surface area contributed by atoms with Crippen LogP contribution in [0.25, 0.3) is 0 Å². The maximum Gasteiger partial charge on any atom is 0.303 e.